The zero-order valence-electron chi connectivity index (χ0n) is 8.86. The zero-order chi connectivity index (χ0) is 12.3. The number of aliphatic imine (C=N–C) groups is 1. The van der Waals surface area contributed by atoms with Gasteiger partial charge in [-0.15, -0.1) is 0 Å². The van der Waals surface area contributed by atoms with E-state index in [-0.39, 0.29) is 11.5 Å². The van der Waals surface area contributed by atoms with E-state index in [1.165, 1.54) is 12.2 Å². The lowest BCUT2D eigenvalue weighted by atomic mass is 9.93. The van der Waals surface area contributed by atoms with Crippen molar-refractivity contribution in [2.24, 2.45) is 4.99 Å². The molecule has 0 N–H and O–H groups in total. The molecule has 0 fully saturated rings. The molecule has 2 rings (SSSR count). The molecule has 1 unspecified atom stereocenters. The van der Waals surface area contributed by atoms with Gasteiger partial charge in [0.1, 0.15) is 0 Å². The van der Waals surface area contributed by atoms with Crippen LogP contribution < -0.4 is 0 Å². The van der Waals surface area contributed by atoms with Gasteiger partial charge >= 0.3 is 0 Å². The first-order valence-electron chi connectivity index (χ1n) is 5.06. The molecule has 1 aliphatic carbocycles. The zero-order valence-corrected chi connectivity index (χ0v) is 9.62. The van der Waals surface area contributed by atoms with Crippen molar-refractivity contribution in [2.75, 3.05) is 0 Å². The normalized spacial score (nSPS) is 23.4. The molecular formula is C13H9ClFNO. The van der Waals surface area contributed by atoms with E-state index in [9.17, 15) is 9.18 Å². The molecule has 0 aliphatic heterocycles. The lowest BCUT2D eigenvalue weighted by molar-refractivity contribution is 0.241. The highest BCUT2D eigenvalue weighted by molar-refractivity contribution is 6.31. The second-order valence-electron chi connectivity index (χ2n) is 3.71. The SMILES string of the molecule is O=C=NC1(F)CC(c2ccccc2)=CC=C1Cl. The fourth-order valence-electron chi connectivity index (χ4n) is 1.71. The van der Waals surface area contributed by atoms with Crippen LogP contribution in [0.3, 0.4) is 0 Å². The van der Waals surface area contributed by atoms with Crippen LogP contribution in [-0.2, 0) is 4.79 Å². The summed E-state index contributed by atoms with van der Waals surface area (Å²) in [6.07, 6.45) is 4.33. The smallest absolute Gasteiger partial charge is 0.211 e. The molecule has 4 heteroatoms. The Kier molecular flexibility index (Phi) is 3.23. The van der Waals surface area contributed by atoms with Gasteiger partial charge in [-0.1, -0.05) is 48.0 Å². The monoisotopic (exact) mass is 249 g/mol. The third kappa shape index (κ3) is 2.36. The number of hydrogen-bond acceptors (Lipinski definition) is 2. The van der Waals surface area contributed by atoms with E-state index in [0.717, 1.165) is 11.1 Å². The molecule has 0 aromatic heterocycles. The predicted molar refractivity (Wildman–Crippen MR) is 64.9 cm³/mol. The Morgan fingerprint density at radius 1 is 1.29 bits per heavy atom. The molecule has 86 valence electrons. The molecule has 1 aromatic carbocycles. The lowest BCUT2D eigenvalue weighted by Gasteiger charge is -2.23. The average molecular weight is 250 g/mol. The Hall–Kier alpha value is -1.70. The van der Waals surface area contributed by atoms with Gasteiger partial charge in [-0.25, -0.2) is 9.18 Å². The minimum atomic E-state index is -2.18. The number of nitrogens with zero attached hydrogens (tertiary/aromatic N) is 1. The molecule has 0 amide bonds. The van der Waals surface area contributed by atoms with Crippen molar-refractivity contribution >= 4 is 23.3 Å². The highest BCUT2D eigenvalue weighted by atomic mass is 35.5. The van der Waals surface area contributed by atoms with Crippen LogP contribution in [0.15, 0.2) is 52.5 Å². The van der Waals surface area contributed by atoms with E-state index in [4.69, 9.17) is 11.6 Å². The molecule has 1 aromatic rings. The average Bonchev–Trinajstić information content (AvgIpc) is 2.34. The first kappa shape index (κ1) is 11.8. The quantitative estimate of drug-likeness (QED) is 0.447. The van der Waals surface area contributed by atoms with Crippen LogP contribution in [0.2, 0.25) is 0 Å². The number of rotatable bonds is 2. The summed E-state index contributed by atoms with van der Waals surface area (Å²) in [5.41, 5.74) is 1.63. The summed E-state index contributed by atoms with van der Waals surface area (Å²) in [7, 11) is 0. The molecule has 0 saturated heterocycles. The van der Waals surface area contributed by atoms with Crippen LogP contribution in [0.5, 0.6) is 0 Å². The van der Waals surface area contributed by atoms with Crippen LogP contribution in [-0.4, -0.2) is 11.9 Å². The van der Waals surface area contributed by atoms with Gasteiger partial charge in [0.2, 0.25) is 6.08 Å². The van der Waals surface area contributed by atoms with Crippen LogP contribution in [0, 0.1) is 0 Å². The summed E-state index contributed by atoms with van der Waals surface area (Å²) in [5.74, 6) is -2.18. The largest absolute Gasteiger partial charge is 0.251 e. The molecule has 0 radical (unpaired) electrons. The summed E-state index contributed by atoms with van der Waals surface area (Å²) >= 11 is 5.72. The molecule has 1 aliphatic rings. The second kappa shape index (κ2) is 4.66. The fourth-order valence-corrected chi connectivity index (χ4v) is 1.89. The Morgan fingerprint density at radius 2 is 2.00 bits per heavy atom. The van der Waals surface area contributed by atoms with Crippen molar-refractivity contribution in [3.8, 4) is 0 Å². The topological polar surface area (TPSA) is 29.4 Å². The lowest BCUT2D eigenvalue weighted by Crippen LogP contribution is -2.23. The standard InChI is InChI=1S/C13H9ClFNO/c14-12-7-6-11(8-13(12,15)16-9-17)10-4-2-1-3-5-10/h1-7H,8H2. The molecule has 1 atom stereocenters. The van der Waals surface area contributed by atoms with Gasteiger partial charge in [0.15, 0.2) is 0 Å². The summed E-state index contributed by atoms with van der Waals surface area (Å²) in [4.78, 5) is 13.4. The van der Waals surface area contributed by atoms with E-state index in [0.29, 0.717) is 0 Å². The first-order valence-corrected chi connectivity index (χ1v) is 5.44. The van der Waals surface area contributed by atoms with Crippen molar-refractivity contribution in [1.29, 1.82) is 0 Å². The van der Waals surface area contributed by atoms with Crippen LogP contribution in [0.1, 0.15) is 12.0 Å². The highest BCUT2D eigenvalue weighted by Crippen LogP contribution is 2.39. The maximum atomic E-state index is 14.2. The van der Waals surface area contributed by atoms with Crippen LogP contribution in [0.4, 0.5) is 4.39 Å². The highest BCUT2D eigenvalue weighted by Gasteiger charge is 2.36. The number of hydrogen-bond donors (Lipinski definition) is 0. The first-order chi connectivity index (χ1) is 8.15. The third-order valence-electron chi connectivity index (χ3n) is 2.59. The molecule has 0 spiro atoms. The van der Waals surface area contributed by atoms with Crippen molar-refractivity contribution in [3.05, 3.63) is 53.1 Å². The van der Waals surface area contributed by atoms with Crippen molar-refractivity contribution < 1.29 is 9.18 Å². The second-order valence-corrected chi connectivity index (χ2v) is 4.12. The molecular weight excluding hydrogens is 241 g/mol. The van der Waals surface area contributed by atoms with E-state index in [1.807, 2.05) is 30.3 Å². The van der Waals surface area contributed by atoms with Gasteiger partial charge in [0.05, 0.1) is 5.03 Å². The van der Waals surface area contributed by atoms with Gasteiger partial charge in [-0.3, -0.25) is 0 Å². The molecule has 17 heavy (non-hydrogen) atoms. The van der Waals surface area contributed by atoms with E-state index in [1.54, 1.807) is 6.08 Å². The van der Waals surface area contributed by atoms with Crippen LogP contribution >= 0.6 is 11.6 Å². The van der Waals surface area contributed by atoms with Crippen molar-refractivity contribution in [2.45, 2.75) is 12.2 Å². The summed E-state index contributed by atoms with van der Waals surface area (Å²) in [6, 6.07) is 9.33. The Morgan fingerprint density at radius 3 is 2.65 bits per heavy atom. The van der Waals surface area contributed by atoms with Crippen molar-refractivity contribution in [1.82, 2.24) is 0 Å². The Bertz CT molecular complexity index is 532. The maximum absolute atomic E-state index is 14.2. The number of isocyanates is 1. The predicted octanol–water partition coefficient (Wildman–Crippen LogP) is 3.60. The minimum Gasteiger partial charge on any atom is -0.211 e. The van der Waals surface area contributed by atoms with Gasteiger partial charge in [0, 0.05) is 6.42 Å². The number of halogens is 2. The fraction of sp³-hybridized carbons (Fsp3) is 0.154. The number of allylic oxidation sites excluding steroid dienone is 2. The number of alkyl halides is 1. The minimum absolute atomic E-state index is 0.0540. The summed E-state index contributed by atoms with van der Waals surface area (Å²) in [5, 5.41) is -0.0967. The van der Waals surface area contributed by atoms with E-state index < -0.39 is 5.79 Å². The Labute approximate surface area is 103 Å². The molecule has 0 saturated carbocycles. The summed E-state index contributed by atoms with van der Waals surface area (Å²) < 4.78 is 14.2. The van der Waals surface area contributed by atoms with Gasteiger partial charge < -0.3 is 0 Å². The number of carbonyl (C=O) groups excluding carboxylic acids is 1. The van der Waals surface area contributed by atoms with Gasteiger partial charge in [0.25, 0.3) is 5.79 Å². The molecule has 0 heterocycles. The van der Waals surface area contributed by atoms with Crippen LogP contribution in [0.25, 0.3) is 5.57 Å². The van der Waals surface area contributed by atoms with E-state index >= 15 is 0 Å². The van der Waals surface area contributed by atoms with Crippen molar-refractivity contribution in [3.63, 3.8) is 0 Å². The van der Waals surface area contributed by atoms with Gasteiger partial charge in [-0.2, -0.15) is 4.99 Å². The maximum Gasteiger partial charge on any atom is 0.251 e. The Balaban J connectivity index is 2.38. The third-order valence-corrected chi connectivity index (χ3v) is 3.00. The van der Waals surface area contributed by atoms with Gasteiger partial charge in [-0.05, 0) is 17.2 Å². The molecule has 2 nitrogen and oxygen atoms in total. The molecule has 0 bridgehead atoms. The number of benzene rings is 1. The van der Waals surface area contributed by atoms with E-state index in [2.05, 4.69) is 4.99 Å². The summed E-state index contributed by atoms with van der Waals surface area (Å²) in [6.45, 7) is 0.